The molecule has 0 N–H and O–H groups in total. The van der Waals surface area contributed by atoms with Gasteiger partial charge in [0.05, 0.1) is 27.4 Å². The first-order valence-corrected chi connectivity index (χ1v) is 11.7. The number of benzene rings is 2. The van der Waals surface area contributed by atoms with E-state index in [1.807, 2.05) is 24.3 Å². The van der Waals surface area contributed by atoms with Crippen molar-refractivity contribution in [3.05, 3.63) is 47.0 Å². The quantitative estimate of drug-likeness (QED) is 0.352. The fourth-order valence-electron chi connectivity index (χ4n) is 3.90. The standard InChI is InChI=1S/C25H33ClN2O5/c1-4-32-23(29)6-5-17-33-24-19(7-12-22(30-2)25(24)31-3)18-27-13-15-28(16-14-27)21-10-8-20(26)9-11-21/h7-12H,4-6,13-18H2,1-3H3. The highest BCUT2D eigenvalue weighted by molar-refractivity contribution is 6.30. The molecule has 0 unspecified atom stereocenters. The third-order valence-electron chi connectivity index (χ3n) is 5.62. The minimum absolute atomic E-state index is 0.211. The number of rotatable bonds is 11. The largest absolute Gasteiger partial charge is 0.493 e. The molecule has 0 atom stereocenters. The predicted molar refractivity (Wildman–Crippen MR) is 130 cm³/mol. The molecule has 1 aliphatic rings. The number of carbonyl (C=O) groups excluding carboxylic acids is 1. The molecule has 7 nitrogen and oxygen atoms in total. The van der Waals surface area contributed by atoms with Crippen molar-refractivity contribution >= 4 is 23.3 Å². The normalized spacial score (nSPS) is 14.1. The highest BCUT2D eigenvalue weighted by Gasteiger charge is 2.22. The number of piperazine rings is 1. The van der Waals surface area contributed by atoms with Gasteiger partial charge in [0.2, 0.25) is 5.75 Å². The zero-order chi connectivity index (χ0) is 23.6. The number of hydrogen-bond acceptors (Lipinski definition) is 7. The van der Waals surface area contributed by atoms with E-state index < -0.39 is 0 Å². The monoisotopic (exact) mass is 476 g/mol. The van der Waals surface area contributed by atoms with E-state index in [0.29, 0.717) is 43.3 Å². The number of ether oxygens (including phenoxy) is 4. The first kappa shape index (κ1) is 25.0. The molecule has 33 heavy (non-hydrogen) atoms. The number of hydrogen-bond donors (Lipinski definition) is 0. The molecular weight excluding hydrogens is 444 g/mol. The summed E-state index contributed by atoms with van der Waals surface area (Å²) in [7, 11) is 3.22. The lowest BCUT2D eigenvalue weighted by atomic mass is 10.1. The third kappa shape index (κ3) is 6.92. The second-order valence-electron chi connectivity index (χ2n) is 7.79. The number of carbonyl (C=O) groups is 1. The third-order valence-corrected chi connectivity index (χ3v) is 5.87. The van der Waals surface area contributed by atoms with Crippen LogP contribution in [0.4, 0.5) is 5.69 Å². The Morgan fingerprint density at radius 3 is 2.33 bits per heavy atom. The second-order valence-corrected chi connectivity index (χ2v) is 8.22. The Hall–Kier alpha value is -2.64. The van der Waals surface area contributed by atoms with E-state index in [0.717, 1.165) is 43.3 Å². The Morgan fingerprint density at radius 1 is 0.970 bits per heavy atom. The van der Waals surface area contributed by atoms with E-state index in [4.69, 9.17) is 30.5 Å². The van der Waals surface area contributed by atoms with Gasteiger partial charge < -0.3 is 23.8 Å². The summed E-state index contributed by atoms with van der Waals surface area (Å²) in [5.74, 6) is 1.65. The number of halogens is 1. The Bertz CT molecular complexity index is 898. The van der Waals surface area contributed by atoms with E-state index in [-0.39, 0.29) is 5.97 Å². The minimum atomic E-state index is -0.211. The summed E-state index contributed by atoms with van der Waals surface area (Å²) >= 11 is 6.02. The molecule has 0 saturated carbocycles. The zero-order valence-electron chi connectivity index (χ0n) is 19.6. The van der Waals surface area contributed by atoms with Gasteiger partial charge in [-0.05, 0) is 43.7 Å². The van der Waals surface area contributed by atoms with Crippen LogP contribution in [0.25, 0.3) is 0 Å². The molecule has 1 saturated heterocycles. The maximum absolute atomic E-state index is 11.6. The molecule has 1 fully saturated rings. The minimum Gasteiger partial charge on any atom is -0.493 e. The van der Waals surface area contributed by atoms with Gasteiger partial charge in [0.25, 0.3) is 0 Å². The van der Waals surface area contributed by atoms with Crippen molar-refractivity contribution in [3.8, 4) is 17.2 Å². The number of anilines is 1. The molecule has 0 aromatic heterocycles. The van der Waals surface area contributed by atoms with Crippen molar-refractivity contribution in [1.82, 2.24) is 4.90 Å². The van der Waals surface area contributed by atoms with Crippen molar-refractivity contribution < 1.29 is 23.7 Å². The Kier molecular flexibility index (Phi) is 9.51. The molecule has 8 heteroatoms. The van der Waals surface area contributed by atoms with Gasteiger partial charge >= 0.3 is 5.97 Å². The maximum Gasteiger partial charge on any atom is 0.305 e. The molecule has 3 rings (SSSR count). The average molecular weight is 477 g/mol. The van der Waals surface area contributed by atoms with Gasteiger partial charge in [0, 0.05) is 55.4 Å². The van der Waals surface area contributed by atoms with E-state index >= 15 is 0 Å². The maximum atomic E-state index is 11.6. The molecule has 0 radical (unpaired) electrons. The average Bonchev–Trinajstić information content (AvgIpc) is 2.83. The lowest BCUT2D eigenvalue weighted by Crippen LogP contribution is -2.46. The molecule has 2 aromatic carbocycles. The van der Waals surface area contributed by atoms with E-state index in [2.05, 4.69) is 21.9 Å². The molecule has 0 amide bonds. The summed E-state index contributed by atoms with van der Waals surface area (Å²) < 4.78 is 22.2. The van der Waals surface area contributed by atoms with Crippen LogP contribution in [0.2, 0.25) is 5.02 Å². The van der Waals surface area contributed by atoms with Crippen LogP contribution in [0.15, 0.2) is 36.4 Å². The van der Waals surface area contributed by atoms with Gasteiger partial charge in [-0.1, -0.05) is 17.7 Å². The summed E-state index contributed by atoms with van der Waals surface area (Å²) in [6.45, 7) is 7.05. The van der Waals surface area contributed by atoms with Crippen LogP contribution >= 0.6 is 11.6 Å². The van der Waals surface area contributed by atoms with Gasteiger partial charge in [-0.2, -0.15) is 0 Å². The summed E-state index contributed by atoms with van der Waals surface area (Å²) in [6.07, 6.45) is 0.889. The van der Waals surface area contributed by atoms with E-state index in [1.54, 1.807) is 21.1 Å². The fraction of sp³-hybridized carbons (Fsp3) is 0.480. The molecule has 1 aliphatic heterocycles. The van der Waals surface area contributed by atoms with Crippen LogP contribution < -0.4 is 19.1 Å². The number of esters is 1. The summed E-state index contributed by atoms with van der Waals surface area (Å²) in [5, 5.41) is 0.751. The van der Waals surface area contributed by atoms with Gasteiger partial charge in [0.1, 0.15) is 0 Å². The van der Waals surface area contributed by atoms with Crippen molar-refractivity contribution in [3.63, 3.8) is 0 Å². The van der Waals surface area contributed by atoms with Crippen LogP contribution in [0, 0.1) is 0 Å². The van der Waals surface area contributed by atoms with Crippen LogP contribution in [0.3, 0.4) is 0 Å². The van der Waals surface area contributed by atoms with Crippen LogP contribution in [-0.2, 0) is 16.1 Å². The van der Waals surface area contributed by atoms with E-state index in [9.17, 15) is 4.79 Å². The number of methoxy groups -OCH3 is 2. The molecule has 0 spiro atoms. The molecule has 2 aromatic rings. The first-order chi connectivity index (χ1) is 16.0. The fourth-order valence-corrected chi connectivity index (χ4v) is 4.03. The zero-order valence-corrected chi connectivity index (χ0v) is 20.4. The highest BCUT2D eigenvalue weighted by Crippen LogP contribution is 2.40. The Labute approximate surface area is 201 Å². The Morgan fingerprint density at radius 2 is 1.70 bits per heavy atom. The Balaban J connectivity index is 1.64. The van der Waals surface area contributed by atoms with Crippen molar-refractivity contribution in [2.45, 2.75) is 26.3 Å². The van der Waals surface area contributed by atoms with Gasteiger partial charge in [0.15, 0.2) is 11.5 Å². The summed E-state index contributed by atoms with van der Waals surface area (Å²) in [5.41, 5.74) is 2.22. The lowest BCUT2D eigenvalue weighted by molar-refractivity contribution is -0.143. The molecule has 0 bridgehead atoms. The number of nitrogens with zero attached hydrogens (tertiary/aromatic N) is 2. The van der Waals surface area contributed by atoms with Gasteiger partial charge in [-0.3, -0.25) is 9.69 Å². The van der Waals surface area contributed by atoms with E-state index in [1.165, 1.54) is 5.69 Å². The molecular formula is C25H33ClN2O5. The van der Waals surface area contributed by atoms with Crippen molar-refractivity contribution in [1.29, 1.82) is 0 Å². The SMILES string of the molecule is CCOC(=O)CCCOc1c(CN2CCN(c3ccc(Cl)cc3)CC2)ccc(OC)c1OC. The van der Waals surface area contributed by atoms with Gasteiger partial charge in [-0.25, -0.2) is 0 Å². The second kappa shape index (κ2) is 12.6. The highest BCUT2D eigenvalue weighted by atomic mass is 35.5. The lowest BCUT2D eigenvalue weighted by Gasteiger charge is -2.36. The topological polar surface area (TPSA) is 60.5 Å². The smallest absolute Gasteiger partial charge is 0.305 e. The molecule has 1 heterocycles. The van der Waals surface area contributed by atoms with Crippen molar-refractivity contribution in [2.75, 3.05) is 58.5 Å². The molecule has 180 valence electrons. The predicted octanol–water partition coefficient (Wildman–Crippen LogP) is 4.40. The van der Waals surface area contributed by atoms with Gasteiger partial charge in [-0.15, -0.1) is 0 Å². The van der Waals surface area contributed by atoms with Crippen molar-refractivity contribution in [2.24, 2.45) is 0 Å². The van der Waals surface area contributed by atoms with Crippen LogP contribution in [0.5, 0.6) is 17.2 Å². The van der Waals surface area contributed by atoms with Crippen LogP contribution in [0.1, 0.15) is 25.3 Å². The van der Waals surface area contributed by atoms with Crippen LogP contribution in [-0.4, -0.2) is 64.5 Å². The summed E-state index contributed by atoms with van der Waals surface area (Å²) in [4.78, 5) is 16.4. The first-order valence-electron chi connectivity index (χ1n) is 11.3. The molecule has 0 aliphatic carbocycles. The summed E-state index contributed by atoms with van der Waals surface area (Å²) in [6, 6.07) is 11.9.